The highest BCUT2D eigenvalue weighted by Crippen LogP contribution is 2.28. The summed E-state index contributed by atoms with van der Waals surface area (Å²) >= 11 is 0. The Labute approximate surface area is 105 Å². The molecule has 0 spiro atoms. The maximum Gasteiger partial charge on any atom is 0.0306 e. The average Bonchev–Trinajstić information content (AvgIpc) is 2.98. The van der Waals surface area contributed by atoms with Crippen molar-refractivity contribution in [1.82, 2.24) is 9.88 Å². The standard InChI is InChI=1S/C15H26N2/c1-3-16-13(2)15-9-11-17(12-15)10-8-14-6-4-5-7-14/h9,11-14,16H,3-8,10H2,1-2H3. The first-order valence-corrected chi connectivity index (χ1v) is 7.18. The van der Waals surface area contributed by atoms with Gasteiger partial charge in [0, 0.05) is 25.0 Å². The van der Waals surface area contributed by atoms with E-state index in [-0.39, 0.29) is 0 Å². The van der Waals surface area contributed by atoms with Crippen LogP contribution in [0.2, 0.25) is 0 Å². The van der Waals surface area contributed by atoms with Crippen molar-refractivity contribution in [3.63, 3.8) is 0 Å². The van der Waals surface area contributed by atoms with Crippen molar-refractivity contribution in [1.29, 1.82) is 0 Å². The maximum atomic E-state index is 3.46. The van der Waals surface area contributed by atoms with Gasteiger partial charge in [-0.3, -0.25) is 0 Å². The van der Waals surface area contributed by atoms with Gasteiger partial charge in [0.1, 0.15) is 0 Å². The lowest BCUT2D eigenvalue weighted by Crippen LogP contribution is -2.17. The predicted molar refractivity (Wildman–Crippen MR) is 73.1 cm³/mol. The third-order valence-corrected chi connectivity index (χ3v) is 4.05. The van der Waals surface area contributed by atoms with E-state index in [1.807, 2.05) is 0 Å². The molecule has 2 heteroatoms. The first kappa shape index (κ1) is 12.7. The molecular weight excluding hydrogens is 208 g/mol. The Hall–Kier alpha value is -0.760. The highest BCUT2D eigenvalue weighted by atomic mass is 15.0. The molecule has 2 rings (SSSR count). The molecule has 1 aromatic heterocycles. The van der Waals surface area contributed by atoms with Crippen molar-refractivity contribution in [2.75, 3.05) is 6.54 Å². The van der Waals surface area contributed by atoms with Crippen LogP contribution in [-0.4, -0.2) is 11.1 Å². The van der Waals surface area contributed by atoms with Crippen molar-refractivity contribution in [2.24, 2.45) is 5.92 Å². The zero-order valence-electron chi connectivity index (χ0n) is 11.3. The van der Waals surface area contributed by atoms with Crippen LogP contribution in [0.5, 0.6) is 0 Å². The summed E-state index contributed by atoms with van der Waals surface area (Å²) in [6, 6.07) is 2.73. The third-order valence-electron chi connectivity index (χ3n) is 4.05. The van der Waals surface area contributed by atoms with Gasteiger partial charge in [-0.15, -0.1) is 0 Å². The second-order valence-corrected chi connectivity index (χ2v) is 5.40. The lowest BCUT2D eigenvalue weighted by Gasteiger charge is -2.11. The van der Waals surface area contributed by atoms with Gasteiger partial charge >= 0.3 is 0 Å². The van der Waals surface area contributed by atoms with E-state index < -0.39 is 0 Å². The Morgan fingerprint density at radius 3 is 2.88 bits per heavy atom. The molecule has 96 valence electrons. The number of rotatable bonds is 6. The SMILES string of the molecule is CCNC(C)c1ccn(CCC2CCCC2)c1. The van der Waals surface area contributed by atoms with Crippen LogP contribution < -0.4 is 5.32 Å². The van der Waals surface area contributed by atoms with Gasteiger partial charge in [0.25, 0.3) is 0 Å². The highest BCUT2D eigenvalue weighted by molar-refractivity contribution is 5.14. The summed E-state index contributed by atoms with van der Waals surface area (Å²) in [6.07, 6.45) is 11.7. The molecule has 1 atom stereocenters. The molecule has 1 saturated carbocycles. The Balaban J connectivity index is 1.80. The molecular formula is C15H26N2. The molecule has 1 aliphatic carbocycles. The number of aryl methyl sites for hydroxylation is 1. The second kappa shape index (κ2) is 6.25. The lowest BCUT2D eigenvalue weighted by molar-refractivity contribution is 0.458. The third kappa shape index (κ3) is 3.60. The fourth-order valence-electron chi connectivity index (χ4n) is 2.91. The van der Waals surface area contributed by atoms with Crippen LogP contribution in [0.4, 0.5) is 0 Å². The topological polar surface area (TPSA) is 17.0 Å². The van der Waals surface area contributed by atoms with Crippen LogP contribution in [0.3, 0.4) is 0 Å². The molecule has 1 N–H and O–H groups in total. The summed E-state index contributed by atoms with van der Waals surface area (Å²) in [6.45, 7) is 6.63. The maximum absolute atomic E-state index is 3.46. The molecule has 0 saturated heterocycles. The van der Waals surface area contributed by atoms with Crippen LogP contribution in [0.25, 0.3) is 0 Å². The molecule has 1 heterocycles. The van der Waals surface area contributed by atoms with E-state index in [9.17, 15) is 0 Å². The van der Waals surface area contributed by atoms with E-state index in [0.29, 0.717) is 6.04 Å². The van der Waals surface area contributed by atoms with E-state index in [0.717, 1.165) is 12.5 Å². The zero-order chi connectivity index (χ0) is 12.1. The molecule has 17 heavy (non-hydrogen) atoms. The van der Waals surface area contributed by atoms with Gasteiger partial charge in [0.2, 0.25) is 0 Å². The van der Waals surface area contributed by atoms with Crippen LogP contribution in [-0.2, 0) is 6.54 Å². The Kier molecular flexibility index (Phi) is 4.66. The van der Waals surface area contributed by atoms with Crippen molar-refractivity contribution in [2.45, 2.75) is 58.5 Å². The monoisotopic (exact) mass is 234 g/mol. The summed E-state index contributed by atoms with van der Waals surface area (Å²) in [5.41, 5.74) is 1.42. The van der Waals surface area contributed by atoms with E-state index in [1.165, 1.54) is 44.2 Å². The number of hydrogen-bond acceptors (Lipinski definition) is 1. The fraction of sp³-hybridized carbons (Fsp3) is 0.733. The zero-order valence-corrected chi connectivity index (χ0v) is 11.3. The summed E-state index contributed by atoms with van der Waals surface area (Å²) < 4.78 is 2.36. The molecule has 0 amide bonds. The smallest absolute Gasteiger partial charge is 0.0306 e. The summed E-state index contributed by atoms with van der Waals surface area (Å²) in [5, 5.41) is 3.46. The number of hydrogen-bond donors (Lipinski definition) is 1. The van der Waals surface area contributed by atoms with Gasteiger partial charge < -0.3 is 9.88 Å². The number of nitrogens with one attached hydrogen (secondary N) is 1. The molecule has 1 fully saturated rings. The predicted octanol–water partition coefficient (Wildman–Crippen LogP) is 3.74. The largest absolute Gasteiger partial charge is 0.354 e. The molecule has 0 radical (unpaired) electrons. The quantitative estimate of drug-likeness (QED) is 0.793. The van der Waals surface area contributed by atoms with Crippen LogP contribution in [0, 0.1) is 5.92 Å². The summed E-state index contributed by atoms with van der Waals surface area (Å²) in [7, 11) is 0. The first-order valence-electron chi connectivity index (χ1n) is 7.18. The minimum absolute atomic E-state index is 0.479. The van der Waals surface area contributed by atoms with Gasteiger partial charge in [-0.2, -0.15) is 0 Å². The summed E-state index contributed by atoms with van der Waals surface area (Å²) in [4.78, 5) is 0. The van der Waals surface area contributed by atoms with Crippen molar-refractivity contribution < 1.29 is 0 Å². The van der Waals surface area contributed by atoms with Crippen LogP contribution in [0.1, 0.15) is 57.6 Å². The van der Waals surface area contributed by atoms with Gasteiger partial charge in [-0.1, -0.05) is 32.6 Å². The van der Waals surface area contributed by atoms with E-state index in [1.54, 1.807) is 0 Å². The van der Waals surface area contributed by atoms with Gasteiger partial charge in [-0.05, 0) is 37.4 Å². The molecule has 1 aliphatic rings. The normalized spacial score (nSPS) is 18.7. The Morgan fingerprint density at radius 1 is 1.41 bits per heavy atom. The van der Waals surface area contributed by atoms with Gasteiger partial charge in [0.05, 0.1) is 0 Å². The Bertz CT molecular complexity index is 323. The minimum atomic E-state index is 0.479. The highest BCUT2D eigenvalue weighted by Gasteiger charge is 2.14. The lowest BCUT2D eigenvalue weighted by atomic mass is 10.0. The molecule has 1 aromatic rings. The van der Waals surface area contributed by atoms with E-state index in [2.05, 4.69) is 42.2 Å². The van der Waals surface area contributed by atoms with Crippen LogP contribution in [0.15, 0.2) is 18.5 Å². The fourth-order valence-corrected chi connectivity index (χ4v) is 2.91. The summed E-state index contributed by atoms with van der Waals surface area (Å²) in [5.74, 6) is 0.993. The van der Waals surface area contributed by atoms with Crippen molar-refractivity contribution >= 4 is 0 Å². The molecule has 1 unspecified atom stereocenters. The van der Waals surface area contributed by atoms with Gasteiger partial charge in [0.15, 0.2) is 0 Å². The Morgan fingerprint density at radius 2 is 2.18 bits per heavy atom. The number of nitrogens with zero attached hydrogens (tertiary/aromatic N) is 1. The molecule has 0 aliphatic heterocycles. The van der Waals surface area contributed by atoms with E-state index in [4.69, 9.17) is 0 Å². The first-order chi connectivity index (χ1) is 8.29. The second-order valence-electron chi connectivity index (χ2n) is 5.40. The minimum Gasteiger partial charge on any atom is -0.354 e. The van der Waals surface area contributed by atoms with Gasteiger partial charge in [-0.25, -0.2) is 0 Å². The van der Waals surface area contributed by atoms with E-state index >= 15 is 0 Å². The van der Waals surface area contributed by atoms with Crippen molar-refractivity contribution in [3.05, 3.63) is 24.0 Å². The van der Waals surface area contributed by atoms with Crippen molar-refractivity contribution in [3.8, 4) is 0 Å². The average molecular weight is 234 g/mol. The molecule has 0 aromatic carbocycles. The van der Waals surface area contributed by atoms with Crippen LogP contribution >= 0.6 is 0 Å². The number of aromatic nitrogens is 1. The molecule has 0 bridgehead atoms. The molecule has 2 nitrogen and oxygen atoms in total.